The Morgan fingerprint density at radius 1 is 1.31 bits per heavy atom. The summed E-state index contributed by atoms with van der Waals surface area (Å²) in [6.07, 6.45) is 0. The highest BCUT2D eigenvalue weighted by atomic mass is 19.1. The van der Waals surface area contributed by atoms with Gasteiger partial charge in [-0.2, -0.15) is 0 Å². The van der Waals surface area contributed by atoms with E-state index in [0.29, 0.717) is 0 Å². The van der Waals surface area contributed by atoms with E-state index in [4.69, 9.17) is 5.73 Å². The van der Waals surface area contributed by atoms with Crippen LogP contribution in [0.2, 0.25) is 0 Å². The standard InChI is InChI=1S/C10H9F2N/c1-7-5-10(12)8(3-2-4-13)6-9(7)11/h5-6H,4,13H2,1H3. The first-order valence-electron chi connectivity index (χ1n) is 3.79. The Morgan fingerprint density at radius 3 is 2.62 bits per heavy atom. The van der Waals surface area contributed by atoms with Crippen LogP contribution >= 0.6 is 0 Å². The molecule has 1 aromatic rings. The largest absolute Gasteiger partial charge is 0.320 e. The highest BCUT2D eigenvalue weighted by molar-refractivity contribution is 5.38. The van der Waals surface area contributed by atoms with Crippen LogP contribution in [0.4, 0.5) is 8.78 Å². The summed E-state index contributed by atoms with van der Waals surface area (Å²) in [5.41, 5.74) is 5.43. The van der Waals surface area contributed by atoms with Gasteiger partial charge < -0.3 is 5.73 Å². The molecule has 68 valence electrons. The molecule has 0 aliphatic heterocycles. The Labute approximate surface area is 75.6 Å². The van der Waals surface area contributed by atoms with Crippen LogP contribution in [0.5, 0.6) is 0 Å². The second-order valence-corrected chi connectivity index (χ2v) is 2.59. The van der Waals surface area contributed by atoms with Crippen molar-refractivity contribution in [2.75, 3.05) is 6.54 Å². The van der Waals surface area contributed by atoms with Gasteiger partial charge in [0.15, 0.2) is 0 Å². The molecule has 0 spiro atoms. The summed E-state index contributed by atoms with van der Waals surface area (Å²) in [7, 11) is 0. The highest BCUT2D eigenvalue weighted by Crippen LogP contribution is 2.12. The molecule has 0 unspecified atom stereocenters. The Hall–Kier alpha value is -1.40. The van der Waals surface area contributed by atoms with E-state index in [1.807, 2.05) is 0 Å². The van der Waals surface area contributed by atoms with Crippen LogP contribution in [0, 0.1) is 30.4 Å². The van der Waals surface area contributed by atoms with Crippen molar-refractivity contribution in [1.82, 2.24) is 0 Å². The lowest BCUT2D eigenvalue weighted by Crippen LogP contribution is -1.94. The van der Waals surface area contributed by atoms with E-state index in [9.17, 15) is 8.78 Å². The Kier molecular flexibility index (Phi) is 2.99. The SMILES string of the molecule is Cc1cc(F)c(C#CCN)cc1F. The van der Waals surface area contributed by atoms with E-state index < -0.39 is 11.6 Å². The molecule has 0 bridgehead atoms. The molecule has 2 N–H and O–H groups in total. The topological polar surface area (TPSA) is 26.0 Å². The normalized spacial score (nSPS) is 9.23. The van der Waals surface area contributed by atoms with Crippen LogP contribution in [0.15, 0.2) is 12.1 Å². The van der Waals surface area contributed by atoms with E-state index in [-0.39, 0.29) is 17.7 Å². The summed E-state index contributed by atoms with van der Waals surface area (Å²) < 4.78 is 26.0. The minimum atomic E-state index is -0.514. The van der Waals surface area contributed by atoms with Gasteiger partial charge in [-0.15, -0.1) is 0 Å². The first-order chi connectivity index (χ1) is 6.15. The fourth-order valence-corrected chi connectivity index (χ4v) is 0.888. The molecule has 0 aromatic heterocycles. The second kappa shape index (κ2) is 4.01. The van der Waals surface area contributed by atoms with Gasteiger partial charge >= 0.3 is 0 Å². The first-order valence-corrected chi connectivity index (χ1v) is 3.79. The van der Waals surface area contributed by atoms with Crippen molar-refractivity contribution >= 4 is 0 Å². The van der Waals surface area contributed by atoms with Gasteiger partial charge in [-0.25, -0.2) is 8.78 Å². The molecular formula is C10H9F2N. The van der Waals surface area contributed by atoms with E-state index >= 15 is 0 Å². The Balaban J connectivity index is 3.16. The third-order valence-electron chi connectivity index (χ3n) is 1.57. The van der Waals surface area contributed by atoms with Gasteiger partial charge in [0, 0.05) is 0 Å². The maximum Gasteiger partial charge on any atom is 0.139 e. The van der Waals surface area contributed by atoms with Gasteiger partial charge in [-0.3, -0.25) is 0 Å². The van der Waals surface area contributed by atoms with Crippen molar-refractivity contribution in [3.63, 3.8) is 0 Å². The summed E-state index contributed by atoms with van der Waals surface area (Å²) in [5, 5.41) is 0. The van der Waals surface area contributed by atoms with Gasteiger partial charge in [-0.05, 0) is 24.6 Å². The molecule has 13 heavy (non-hydrogen) atoms. The van der Waals surface area contributed by atoms with Crippen molar-refractivity contribution in [3.8, 4) is 11.8 Å². The minimum absolute atomic E-state index is 0.0496. The number of hydrogen-bond acceptors (Lipinski definition) is 1. The lowest BCUT2D eigenvalue weighted by Gasteiger charge is -1.98. The fourth-order valence-electron chi connectivity index (χ4n) is 0.888. The zero-order valence-corrected chi connectivity index (χ0v) is 7.20. The minimum Gasteiger partial charge on any atom is -0.320 e. The number of aryl methyl sites for hydroxylation is 1. The lowest BCUT2D eigenvalue weighted by atomic mass is 10.1. The van der Waals surface area contributed by atoms with Crippen LogP contribution in [-0.4, -0.2) is 6.54 Å². The van der Waals surface area contributed by atoms with Gasteiger partial charge in [0.25, 0.3) is 0 Å². The van der Waals surface area contributed by atoms with Crippen LogP contribution in [0.3, 0.4) is 0 Å². The van der Waals surface area contributed by atoms with Gasteiger partial charge in [0.05, 0.1) is 12.1 Å². The lowest BCUT2D eigenvalue weighted by molar-refractivity contribution is 0.590. The molecule has 0 aliphatic carbocycles. The van der Waals surface area contributed by atoms with Crippen molar-refractivity contribution in [2.24, 2.45) is 5.73 Å². The molecule has 1 aromatic carbocycles. The van der Waals surface area contributed by atoms with Crippen LogP contribution < -0.4 is 5.73 Å². The van der Waals surface area contributed by atoms with E-state index in [0.717, 1.165) is 12.1 Å². The molecule has 0 heterocycles. The number of hydrogen-bond donors (Lipinski definition) is 1. The maximum absolute atomic E-state index is 13.0. The number of benzene rings is 1. The fraction of sp³-hybridized carbons (Fsp3) is 0.200. The molecule has 0 amide bonds. The first kappa shape index (κ1) is 9.69. The average Bonchev–Trinajstić information content (AvgIpc) is 2.09. The van der Waals surface area contributed by atoms with Crippen molar-refractivity contribution in [2.45, 2.75) is 6.92 Å². The summed E-state index contributed by atoms with van der Waals surface area (Å²) in [6.45, 7) is 1.63. The molecule has 0 radical (unpaired) electrons. The third-order valence-corrected chi connectivity index (χ3v) is 1.57. The predicted molar refractivity (Wildman–Crippen MR) is 47.0 cm³/mol. The molecule has 0 aliphatic rings. The molecule has 0 fully saturated rings. The Morgan fingerprint density at radius 2 is 2.00 bits per heavy atom. The van der Waals surface area contributed by atoms with Gasteiger partial charge in [0.2, 0.25) is 0 Å². The summed E-state index contributed by atoms with van der Waals surface area (Å²) in [4.78, 5) is 0. The number of rotatable bonds is 0. The summed E-state index contributed by atoms with van der Waals surface area (Å²) >= 11 is 0. The molecular weight excluding hydrogens is 172 g/mol. The number of nitrogens with two attached hydrogens (primary N) is 1. The quantitative estimate of drug-likeness (QED) is 0.604. The van der Waals surface area contributed by atoms with Crippen molar-refractivity contribution in [1.29, 1.82) is 0 Å². The average molecular weight is 181 g/mol. The van der Waals surface area contributed by atoms with E-state index in [2.05, 4.69) is 11.8 Å². The number of halogens is 2. The predicted octanol–water partition coefficient (Wildman–Crippen LogP) is 1.58. The van der Waals surface area contributed by atoms with E-state index in [1.54, 1.807) is 0 Å². The molecule has 0 saturated heterocycles. The highest BCUT2D eigenvalue weighted by Gasteiger charge is 2.04. The Bertz CT molecular complexity index is 374. The zero-order chi connectivity index (χ0) is 9.84. The van der Waals surface area contributed by atoms with Gasteiger partial charge in [0.1, 0.15) is 11.6 Å². The molecule has 3 heteroatoms. The monoisotopic (exact) mass is 181 g/mol. The molecule has 0 saturated carbocycles. The van der Waals surface area contributed by atoms with E-state index in [1.165, 1.54) is 6.92 Å². The molecule has 0 atom stereocenters. The summed E-state index contributed by atoms with van der Waals surface area (Å²) in [6, 6.07) is 2.20. The van der Waals surface area contributed by atoms with Gasteiger partial charge in [-0.1, -0.05) is 11.8 Å². The molecule has 1 rings (SSSR count). The van der Waals surface area contributed by atoms with Crippen LogP contribution in [0.25, 0.3) is 0 Å². The second-order valence-electron chi connectivity index (χ2n) is 2.59. The van der Waals surface area contributed by atoms with Crippen LogP contribution in [0.1, 0.15) is 11.1 Å². The maximum atomic E-state index is 13.0. The smallest absolute Gasteiger partial charge is 0.139 e. The van der Waals surface area contributed by atoms with Crippen molar-refractivity contribution in [3.05, 3.63) is 34.9 Å². The molecule has 1 nitrogen and oxygen atoms in total. The summed E-state index contributed by atoms with van der Waals surface area (Å²) in [5.74, 6) is 3.94. The zero-order valence-electron chi connectivity index (χ0n) is 7.20. The van der Waals surface area contributed by atoms with Crippen molar-refractivity contribution < 1.29 is 8.78 Å². The third kappa shape index (κ3) is 2.27. The van der Waals surface area contributed by atoms with Crippen LogP contribution in [-0.2, 0) is 0 Å².